The third kappa shape index (κ3) is 4.22. The topological polar surface area (TPSA) is 49.4 Å². The van der Waals surface area contributed by atoms with E-state index in [4.69, 9.17) is 11.6 Å². The van der Waals surface area contributed by atoms with Crippen molar-refractivity contribution in [3.63, 3.8) is 0 Å². The quantitative estimate of drug-likeness (QED) is 0.760. The van der Waals surface area contributed by atoms with E-state index in [1.807, 2.05) is 4.90 Å². The number of anilines is 1. The summed E-state index contributed by atoms with van der Waals surface area (Å²) in [6.45, 7) is 1.52. The zero-order chi connectivity index (χ0) is 17.8. The minimum absolute atomic E-state index is 0.0454. The first-order chi connectivity index (χ1) is 12.1. The van der Waals surface area contributed by atoms with E-state index in [0.717, 1.165) is 36.8 Å². The molecule has 1 saturated heterocycles. The lowest BCUT2D eigenvalue weighted by Crippen LogP contribution is -2.36. The lowest BCUT2D eigenvalue weighted by Gasteiger charge is -2.27. The summed E-state index contributed by atoms with van der Waals surface area (Å²) in [6, 6.07) is 12.2. The SMILES string of the molecule is O=C(Nc1ccccc1C(=O)N1CCCCC1)c1cc(Br)ccc1Cl. The van der Waals surface area contributed by atoms with Crippen LogP contribution in [0.3, 0.4) is 0 Å². The summed E-state index contributed by atoms with van der Waals surface area (Å²) in [5.41, 5.74) is 1.36. The molecule has 0 bridgehead atoms. The fourth-order valence-corrected chi connectivity index (χ4v) is 3.47. The lowest BCUT2D eigenvalue weighted by molar-refractivity contribution is 0.0725. The van der Waals surface area contributed by atoms with Gasteiger partial charge in [-0.2, -0.15) is 0 Å². The highest BCUT2D eigenvalue weighted by atomic mass is 79.9. The largest absolute Gasteiger partial charge is 0.339 e. The molecule has 6 heteroatoms. The Morgan fingerprint density at radius 2 is 1.72 bits per heavy atom. The molecule has 0 atom stereocenters. The highest BCUT2D eigenvalue weighted by molar-refractivity contribution is 9.10. The van der Waals surface area contributed by atoms with E-state index in [2.05, 4.69) is 21.2 Å². The van der Waals surface area contributed by atoms with Crippen LogP contribution in [0.1, 0.15) is 40.0 Å². The Kier molecular flexibility index (Phi) is 5.76. The Bertz CT molecular complexity index is 804. The maximum absolute atomic E-state index is 12.8. The third-order valence-corrected chi connectivity index (χ3v) is 5.04. The summed E-state index contributed by atoms with van der Waals surface area (Å²) in [4.78, 5) is 27.2. The van der Waals surface area contributed by atoms with Gasteiger partial charge in [0.25, 0.3) is 11.8 Å². The van der Waals surface area contributed by atoms with Crippen LogP contribution in [0.5, 0.6) is 0 Å². The van der Waals surface area contributed by atoms with E-state index < -0.39 is 0 Å². The van der Waals surface area contributed by atoms with Gasteiger partial charge in [0.1, 0.15) is 0 Å². The first-order valence-electron chi connectivity index (χ1n) is 8.21. The molecule has 25 heavy (non-hydrogen) atoms. The molecule has 0 aromatic heterocycles. The molecule has 1 fully saturated rings. The smallest absolute Gasteiger partial charge is 0.257 e. The van der Waals surface area contributed by atoms with Crippen LogP contribution < -0.4 is 5.32 Å². The van der Waals surface area contributed by atoms with Gasteiger partial charge in [-0.25, -0.2) is 0 Å². The molecule has 130 valence electrons. The van der Waals surface area contributed by atoms with Crippen LogP contribution in [-0.4, -0.2) is 29.8 Å². The van der Waals surface area contributed by atoms with Crippen molar-refractivity contribution >= 4 is 45.0 Å². The highest BCUT2D eigenvalue weighted by Crippen LogP contribution is 2.24. The number of nitrogens with one attached hydrogen (secondary N) is 1. The van der Waals surface area contributed by atoms with E-state index in [-0.39, 0.29) is 11.8 Å². The van der Waals surface area contributed by atoms with Crippen molar-refractivity contribution in [3.05, 3.63) is 63.1 Å². The molecule has 1 N–H and O–H groups in total. The summed E-state index contributed by atoms with van der Waals surface area (Å²) < 4.78 is 0.764. The molecule has 0 radical (unpaired) electrons. The number of amides is 2. The standard InChI is InChI=1S/C19H18BrClN2O2/c20-13-8-9-16(21)15(12-13)18(24)22-17-7-3-2-6-14(17)19(25)23-10-4-1-5-11-23/h2-3,6-9,12H,1,4-5,10-11H2,(H,22,24). The lowest BCUT2D eigenvalue weighted by atomic mass is 10.1. The number of halogens is 2. The molecular weight excluding hydrogens is 404 g/mol. The maximum atomic E-state index is 12.8. The van der Waals surface area contributed by atoms with Gasteiger partial charge in [0.05, 0.1) is 21.8 Å². The molecule has 2 aromatic carbocycles. The van der Waals surface area contributed by atoms with Crippen molar-refractivity contribution in [2.75, 3.05) is 18.4 Å². The molecule has 0 aliphatic carbocycles. The molecule has 0 unspecified atom stereocenters. The van der Waals surface area contributed by atoms with Crippen molar-refractivity contribution < 1.29 is 9.59 Å². The molecule has 0 saturated carbocycles. The number of benzene rings is 2. The molecule has 3 rings (SSSR count). The van der Waals surface area contributed by atoms with Crippen molar-refractivity contribution in [1.82, 2.24) is 4.90 Å². The summed E-state index contributed by atoms with van der Waals surface area (Å²) in [7, 11) is 0. The summed E-state index contributed by atoms with van der Waals surface area (Å²) in [5, 5.41) is 3.18. The number of piperidine rings is 1. The molecule has 1 aliphatic heterocycles. The van der Waals surface area contributed by atoms with E-state index in [9.17, 15) is 9.59 Å². The second-order valence-corrected chi connectivity index (χ2v) is 7.30. The van der Waals surface area contributed by atoms with Gasteiger partial charge in [-0.1, -0.05) is 39.7 Å². The monoisotopic (exact) mass is 420 g/mol. The summed E-state index contributed by atoms with van der Waals surface area (Å²) >= 11 is 9.46. The minimum atomic E-state index is -0.342. The third-order valence-electron chi connectivity index (χ3n) is 4.22. The Labute approximate surface area is 160 Å². The number of carbonyl (C=O) groups is 2. The highest BCUT2D eigenvalue weighted by Gasteiger charge is 2.22. The van der Waals surface area contributed by atoms with Gasteiger partial charge < -0.3 is 10.2 Å². The summed E-state index contributed by atoms with van der Waals surface area (Å²) in [5.74, 6) is -0.388. The first kappa shape index (κ1) is 18.0. The molecule has 2 amide bonds. The second kappa shape index (κ2) is 8.02. The van der Waals surface area contributed by atoms with Gasteiger partial charge in [0.15, 0.2) is 0 Å². The van der Waals surface area contributed by atoms with Crippen LogP contribution in [0, 0.1) is 0 Å². The van der Waals surface area contributed by atoms with Gasteiger partial charge in [0.2, 0.25) is 0 Å². The van der Waals surface area contributed by atoms with Gasteiger partial charge in [0, 0.05) is 17.6 Å². The van der Waals surface area contributed by atoms with E-state index in [1.54, 1.807) is 42.5 Å². The molecule has 4 nitrogen and oxygen atoms in total. The minimum Gasteiger partial charge on any atom is -0.339 e. The van der Waals surface area contributed by atoms with E-state index >= 15 is 0 Å². The molecule has 0 spiro atoms. The van der Waals surface area contributed by atoms with Crippen LogP contribution in [0.15, 0.2) is 46.9 Å². The van der Waals surface area contributed by atoms with Crippen molar-refractivity contribution in [2.45, 2.75) is 19.3 Å². The average molecular weight is 422 g/mol. The number of hydrogen-bond donors (Lipinski definition) is 1. The Balaban J connectivity index is 1.84. The van der Waals surface area contributed by atoms with Gasteiger partial charge in [-0.05, 0) is 49.6 Å². The first-order valence-corrected chi connectivity index (χ1v) is 9.38. The number of hydrogen-bond acceptors (Lipinski definition) is 2. The zero-order valence-corrected chi connectivity index (χ0v) is 15.9. The van der Waals surface area contributed by atoms with E-state index in [0.29, 0.717) is 21.8 Å². The number of likely N-dealkylation sites (tertiary alicyclic amines) is 1. The second-order valence-electron chi connectivity index (χ2n) is 5.98. The fraction of sp³-hybridized carbons (Fsp3) is 0.263. The average Bonchev–Trinajstić information content (AvgIpc) is 2.64. The molecule has 1 heterocycles. The Morgan fingerprint density at radius 3 is 2.48 bits per heavy atom. The van der Waals surface area contributed by atoms with Crippen molar-refractivity contribution in [3.8, 4) is 0 Å². The molecular formula is C19H18BrClN2O2. The maximum Gasteiger partial charge on any atom is 0.257 e. The number of rotatable bonds is 3. The normalized spacial score (nSPS) is 14.2. The predicted octanol–water partition coefficient (Wildman–Crippen LogP) is 4.98. The van der Waals surface area contributed by atoms with Gasteiger partial charge in [-0.15, -0.1) is 0 Å². The van der Waals surface area contributed by atoms with Gasteiger partial charge in [-0.3, -0.25) is 9.59 Å². The van der Waals surface area contributed by atoms with Crippen molar-refractivity contribution in [2.24, 2.45) is 0 Å². The zero-order valence-electron chi connectivity index (χ0n) is 13.6. The van der Waals surface area contributed by atoms with Crippen LogP contribution >= 0.6 is 27.5 Å². The predicted molar refractivity (Wildman–Crippen MR) is 103 cm³/mol. The summed E-state index contributed by atoms with van der Waals surface area (Å²) in [6.07, 6.45) is 3.20. The van der Waals surface area contributed by atoms with Crippen LogP contribution in [0.25, 0.3) is 0 Å². The molecule has 2 aromatic rings. The fourth-order valence-electron chi connectivity index (χ4n) is 2.91. The molecule has 1 aliphatic rings. The van der Waals surface area contributed by atoms with Crippen molar-refractivity contribution in [1.29, 1.82) is 0 Å². The van der Waals surface area contributed by atoms with Crippen LogP contribution in [0.2, 0.25) is 5.02 Å². The van der Waals surface area contributed by atoms with Gasteiger partial charge >= 0.3 is 0 Å². The Hall–Kier alpha value is -1.85. The number of carbonyl (C=O) groups excluding carboxylic acids is 2. The van der Waals surface area contributed by atoms with Crippen LogP contribution in [0.4, 0.5) is 5.69 Å². The van der Waals surface area contributed by atoms with Crippen LogP contribution in [-0.2, 0) is 0 Å². The number of nitrogens with zero attached hydrogens (tertiary/aromatic N) is 1. The Morgan fingerprint density at radius 1 is 1.00 bits per heavy atom. The van der Waals surface area contributed by atoms with E-state index in [1.165, 1.54) is 0 Å². The number of para-hydroxylation sites is 1.